The van der Waals surface area contributed by atoms with Crippen LogP contribution in [0.4, 0.5) is 0 Å². The van der Waals surface area contributed by atoms with E-state index in [1.807, 2.05) is 0 Å². The number of rotatable bonds is 14. The maximum Gasteiger partial charge on any atom is 0.305 e. The van der Waals surface area contributed by atoms with Crippen molar-refractivity contribution in [3.05, 3.63) is 34.4 Å². The van der Waals surface area contributed by atoms with E-state index in [-0.39, 0.29) is 28.7 Å². The van der Waals surface area contributed by atoms with E-state index >= 15 is 0 Å². The summed E-state index contributed by atoms with van der Waals surface area (Å²) >= 11 is 0. The predicted octanol–water partition coefficient (Wildman–Crippen LogP) is 4.30. The molecule has 0 saturated carbocycles. The third-order valence-electron chi connectivity index (χ3n) is 3.89. The SMILES string of the molecule is CCCCCC(=O)/C=C/c1occc(=O)c1OCCCCCC(=O)OCC. The lowest BCUT2D eigenvalue weighted by Crippen LogP contribution is -2.10. The van der Waals surface area contributed by atoms with E-state index in [4.69, 9.17) is 13.9 Å². The first-order chi connectivity index (χ1) is 13.1. The minimum Gasteiger partial charge on any atom is -0.486 e. The number of unbranched alkanes of at least 4 members (excludes halogenated alkanes) is 4. The van der Waals surface area contributed by atoms with Gasteiger partial charge in [-0.2, -0.15) is 0 Å². The first-order valence-electron chi connectivity index (χ1n) is 9.69. The molecule has 0 fully saturated rings. The maximum absolute atomic E-state index is 12.0. The molecule has 0 aliphatic heterocycles. The molecule has 0 N–H and O–H groups in total. The molecular formula is C21H30O6. The molecule has 0 amide bonds. The Hall–Kier alpha value is -2.37. The number of hydrogen-bond donors (Lipinski definition) is 0. The van der Waals surface area contributed by atoms with Crippen LogP contribution in [-0.2, 0) is 14.3 Å². The summed E-state index contributed by atoms with van der Waals surface area (Å²) < 4.78 is 15.8. The second-order valence-electron chi connectivity index (χ2n) is 6.20. The van der Waals surface area contributed by atoms with E-state index < -0.39 is 0 Å². The molecule has 0 aromatic carbocycles. The van der Waals surface area contributed by atoms with Crippen molar-refractivity contribution in [1.29, 1.82) is 0 Å². The van der Waals surface area contributed by atoms with Gasteiger partial charge in [-0.05, 0) is 44.8 Å². The number of carbonyl (C=O) groups excluding carboxylic acids is 2. The molecule has 1 aromatic rings. The van der Waals surface area contributed by atoms with Crippen LogP contribution in [0.5, 0.6) is 5.75 Å². The number of ketones is 1. The highest BCUT2D eigenvalue weighted by molar-refractivity contribution is 5.93. The Labute approximate surface area is 160 Å². The van der Waals surface area contributed by atoms with Gasteiger partial charge >= 0.3 is 5.97 Å². The molecule has 0 radical (unpaired) electrons. The van der Waals surface area contributed by atoms with Gasteiger partial charge in [0.2, 0.25) is 11.2 Å². The van der Waals surface area contributed by atoms with Crippen LogP contribution in [0.25, 0.3) is 6.08 Å². The molecule has 0 aliphatic carbocycles. The molecule has 0 spiro atoms. The van der Waals surface area contributed by atoms with Crippen molar-refractivity contribution in [1.82, 2.24) is 0 Å². The number of carbonyl (C=O) groups is 2. The zero-order chi connectivity index (χ0) is 19.9. The Morgan fingerprint density at radius 3 is 2.59 bits per heavy atom. The standard InChI is InChI=1S/C21H30O6/c1-3-5-7-10-17(22)12-13-19-21(18(23)14-16-26-19)27-15-9-6-8-11-20(24)25-4-2/h12-14,16H,3-11,15H2,1-2H3/b13-12+. The van der Waals surface area contributed by atoms with E-state index in [1.165, 1.54) is 24.5 Å². The summed E-state index contributed by atoms with van der Waals surface area (Å²) in [6.45, 7) is 4.59. The van der Waals surface area contributed by atoms with Crippen molar-refractivity contribution in [3.63, 3.8) is 0 Å². The zero-order valence-corrected chi connectivity index (χ0v) is 16.3. The summed E-state index contributed by atoms with van der Waals surface area (Å²) in [7, 11) is 0. The maximum atomic E-state index is 12.0. The predicted molar refractivity (Wildman–Crippen MR) is 104 cm³/mol. The Kier molecular flexibility index (Phi) is 11.6. The molecule has 0 unspecified atom stereocenters. The first kappa shape index (κ1) is 22.7. The minimum absolute atomic E-state index is 0.000123. The number of ether oxygens (including phenoxy) is 2. The molecule has 0 atom stereocenters. The second-order valence-corrected chi connectivity index (χ2v) is 6.20. The van der Waals surface area contributed by atoms with Crippen LogP contribution in [0, 0.1) is 0 Å². The van der Waals surface area contributed by atoms with E-state index in [9.17, 15) is 14.4 Å². The number of hydrogen-bond acceptors (Lipinski definition) is 6. The summed E-state index contributed by atoms with van der Waals surface area (Å²) in [6, 6.07) is 1.29. The Morgan fingerprint density at radius 2 is 1.85 bits per heavy atom. The van der Waals surface area contributed by atoms with Gasteiger partial charge in [-0.15, -0.1) is 0 Å². The highest BCUT2D eigenvalue weighted by Crippen LogP contribution is 2.16. The fourth-order valence-corrected chi connectivity index (χ4v) is 2.43. The van der Waals surface area contributed by atoms with E-state index in [0.29, 0.717) is 38.9 Å². The van der Waals surface area contributed by atoms with Gasteiger partial charge in [0.15, 0.2) is 11.5 Å². The third kappa shape index (κ3) is 9.78. The van der Waals surface area contributed by atoms with Gasteiger partial charge in [0.1, 0.15) is 0 Å². The lowest BCUT2D eigenvalue weighted by atomic mass is 10.1. The van der Waals surface area contributed by atoms with E-state index in [1.54, 1.807) is 6.92 Å². The van der Waals surface area contributed by atoms with Crippen LogP contribution in [0.3, 0.4) is 0 Å². The molecule has 1 heterocycles. The fourth-order valence-electron chi connectivity index (χ4n) is 2.43. The van der Waals surface area contributed by atoms with Gasteiger partial charge in [0.05, 0.1) is 19.5 Å². The highest BCUT2D eigenvalue weighted by Gasteiger charge is 2.09. The normalized spacial score (nSPS) is 10.9. The Balaban J connectivity index is 2.47. The largest absolute Gasteiger partial charge is 0.486 e. The number of allylic oxidation sites excluding steroid dienone is 1. The summed E-state index contributed by atoms with van der Waals surface area (Å²) in [4.78, 5) is 35.1. The summed E-state index contributed by atoms with van der Waals surface area (Å²) in [5, 5.41) is 0. The molecule has 1 aromatic heterocycles. The zero-order valence-electron chi connectivity index (χ0n) is 16.3. The Bertz CT molecular complexity index is 659. The van der Waals surface area contributed by atoms with Crippen LogP contribution >= 0.6 is 0 Å². The van der Waals surface area contributed by atoms with E-state index in [2.05, 4.69) is 6.92 Å². The third-order valence-corrected chi connectivity index (χ3v) is 3.89. The summed E-state index contributed by atoms with van der Waals surface area (Å²) in [5.41, 5.74) is -0.286. The average Bonchev–Trinajstić information content (AvgIpc) is 2.64. The second kappa shape index (κ2) is 13.8. The first-order valence-corrected chi connectivity index (χ1v) is 9.69. The van der Waals surface area contributed by atoms with Crippen molar-refractivity contribution in [2.75, 3.05) is 13.2 Å². The summed E-state index contributed by atoms with van der Waals surface area (Å²) in [5.74, 6) is 0.163. The van der Waals surface area contributed by atoms with Crippen molar-refractivity contribution in [2.24, 2.45) is 0 Å². The molecule has 150 valence electrons. The Morgan fingerprint density at radius 1 is 1.07 bits per heavy atom. The molecule has 1 rings (SSSR count). The molecule has 27 heavy (non-hydrogen) atoms. The minimum atomic E-state index is -0.286. The molecule has 0 saturated heterocycles. The average molecular weight is 378 g/mol. The molecule has 6 nitrogen and oxygen atoms in total. The van der Waals surface area contributed by atoms with Crippen molar-refractivity contribution in [2.45, 2.75) is 65.2 Å². The van der Waals surface area contributed by atoms with Crippen LogP contribution < -0.4 is 10.2 Å². The van der Waals surface area contributed by atoms with Gasteiger partial charge in [-0.1, -0.05) is 19.8 Å². The van der Waals surface area contributed by atoms with Gasteiger partial charge < -0.3 is 13.9 Å². The smallest absolute Gasteiger partial charge is 0.305 e. The van der Waals surface area contributed by atoms with Gasteiger partial charge in [0.25, 0.3) is 0 Å². The van der Waals surface area contributed by atoms with Gasteiger partial charge in [0, 0.05) is 18.9 Å². The lowest BCUT2D eigenvalue weighted by Gasteiger charge is -2.07. The lowest BCUT2D eigenvalue weighted by molar-refractivity contribution is -0.143. The monoisotopic (exact) mass is 378 g/mol. The topological polar surface area (TPSA) is 82.8 Å². The fraction of sp³-hybridized carbons (Fsp3) is 0.571. The van der Waals surface area contributed by atoms with Crippen molar-refractivity contribution >= 4 is 17.8 Å². The van der Waals surface area contributed by atoms with Crippen LogP contribution in [-0.4, -0.2) is 25.0 Å². The van der Waals surface area contributed by atoms with Crippen LogP contribution in [0.15, 0.2) is 27.6 Å². The van der Waals surface area contributed by atoms with Crippen molar-refractivity contribution in [3.8, 4) is 5.75 Å². The van der Waals surface area contributed by atoms with Gasteiger partial charge in [-0.25, -0.2) is 0 Å². The summed E-state index contributed by atoms with van der Waals surface area (Å²) in [6.07, 6.45) is 10.2. The molecule has 6 heteroatoms. The molecule has 0 aliphatic rings. The van der Waals surface area contributed by atoms with Crippen molar-refractivity contribution < 1.29 is 23.5 Å². The van der Waals surface area contributed by atoms with E-state index in [0.717, 1.165) is 25.7 Å². The van der Waals surface area contributed by atoms with Crippen LogP contribution in [0.2, 0.25) is 0 Å². The van der Waals surface area contributed by atoms with Gasteiger partial charge in [-0.3, -0.25) is 14.4 Å². The number of esters is 1. The van der Waals surface area contributed by atoms with Crippen LogP contribution in [0.1, 0.15) is 71.0 Å². The molecular weight excluding hydrogens is 348 g/mol. The quantitative estimate of drug-likeness (QED) is 0.273. The highest BCUT2D eigenvalue weighted by atomic mass is 16.5. The molecule has 0 bridgehead atoms.